The van der Waals surface area contributed by atoms with Gasteiger partial charge in [0.15, 0.2) is 5.82 Å². The summed E-state index contributed by atoms with van der Waals surface area (Å²) in [5.74, 6) is 3.58. The van der Waals surface area contributed by atoms with E-state index < -0.39 is 0 Å². The summed E-state index contributed by atoms with van der Waals surface area (Å²) in [6.45, 7) is 2.21. The van der Waals surface area contributed by atoms with Crippen molar-refractivity contribution in [2.24, 2.45) is 17.6 Å². The number of nitrogens with two attached hydrogens (primary N) is 1. The Morgan fingerprint density at radius 2 is 1.76 bits per heavy atom. The van der Waals surface area contributed by atoms with E-state index in [1.54, 1.807) is 0 Å². The Balaban J connectivity index is 1.29. The number of nitrogens with one attached hydrogen (secondary N) is 1. The maximum absolute atomic E-state index is 6.28. The maximum atomic E-state index is 6.28. The second kappa shape index (κ2) is 12.2. The third-order valence-corrected chi connectivity index (χ3v) is 7.25. The largest absolute Gasteiger partial charge is 0.489 e. The summed E-state index contributed by atoms with van der Waals surface area (Å²) >= 11 is 6.28. The minimum Gasteiger partial charge on any atom is -0.489 e. The molecular weight excluding hydrogens is 480 g/mol. The topological polar surface area (TPSA) is 73.1 Å². The van der Waals surface area contributed by atoms with E-state index in [-0.39, 0.29) is 0 Å². The standard InChI is InChI=1S/C31H33ClN4O/c32-26-12-15-28-29(18-26)35-30(36-31(28)34-20-25-8-4-7-24(17-25)19-33)16-11-22-9-13-27(14-10-22)37-21-23-5-2-1-3-6-23/h1-3,5-6,9-16,18,24-25H,4,7-8,17,19-21,33H2,(H,34,35,36)/b16-11+. The summed E-state index contributed by atoms with van der Waals surface area (Å²) in [6, 6.07) is 24.0. The minimum absolute atomic E-state index is 0.549. The van der Waals surface area contributed by atoms with Crippen LogP contribution in [0.15, 0.2) is 72.8 Å². The van der Waals surface area contributed by atoms with E-state index in [0.717, 1.165) is 46.7 Å². The lowest BCUT2D eigenvalue weighted by Gasteiger charge is -2.28. The molecule has 37 heavy (non-hydrogen) atoms. The molecule has 0 radical (unpaired) electrons. The molecule has 3 aromatic carbocycles. The van der Waals surface area contributed by atoms with E-state index >= 15 is 0 Å². The number of halogens is 1. The van der Waals surface area contributed by atoms with Crippen LogP contribution in [0.25, 0.3) is 23.1 Å². The molecule has 0 spiro atoms. The van der Waals surface area contributed by atoms with Crippen LogP contribution in [-0.2, 0) is 6.61 Å². The molecule has 0 saturated heterocycles. The fourth-order valence-corrected chi connectivity index (χ4v) is 5.13. The normalized spacial score (nSPS) is 17.8. The van der Waals surface area contributed by atoms with Crippen molar-refractivity contribution in [1.29, 1.82) is 0 Å². The summed E-state index contributed by atoms with van der Waals surface area (Å²) < 4.78 is 5.90. The van der Waals surface area contributed by atoms with Gasteiger partial charge in [-0.1, -0.05) is 66.6 Å². The van der Waals surface area contributed by atoms with Gasteiger partial charge in [0.25, 0.3) is 0 Å². The molecule has 1 fully saturated rings. The highest BCUT2D eigenvalue weighted by Crippen LogP contribution is 2.30. The smallest absolute Gasteiger partial charge is 0.154 e. The molecule has 1 aromatic heterocycles. The predicted octanol–water partition coefficient (Wildman–Crippen LogP) is 7.21. The van der Waals surface area contributed by atoms with Gasteiger partial charge in [0.05, 0.1) is 5.52 Å². The predicted molar refractivity (Wildman–Crippen MR) is 154 cm³/mol. The van der Waals surface area contributed by atoms with E-state index in [0.29, 0.717) is 29.3 Å². The number of fused-ring (bicyclic) bond motifs is 1. The molecule has 5 rings (SSSR count). The summed E-state index contributed by atoms with van der Waals surface area (Å²) in [4.78, 5) is 9.60. The van der Waals surface area contributed by atoms with Gasteiger partial charge < -0.3 is 15.8 Å². The van der Waals surface area contributed by atoms with Crippen molar-refractivity contribution in [3.63, 3.8) is 0 Å². The minimum atomic E-state index is 0.549. The van der Waals surface area contributed by atoms with Crippen LogP contribution in [0.3, 0.4) is 0 Å². The first-order valence-corrected chi connectivity index (χ1v) is 13.4. The van der Waals surface area contributed by atoms with Crippen LogP contribution in [0, 0.1) is 11.8 Å². The highest BCUT2D eigenvalue weighted by Gasteiger charge is 2.21. The molecule has 6 heteroatoms. The summed E-state index contributed by atoms with van der Waals surface area (Å²) in [5.41, 5.74) is 8.97. The lowest BCUT2D eigenvalue weighted by Crippen LogP contribution is -2.26. The number of benzene rings is 3. The molecule has 190 valence electrons. The van der Waals surface area contributed by atoms with E-state index in [9.17, 15) is 0 Å². The Labute approximate surface area is 223 Å². The number of rotatable bonds is 9. The van der Waals surface area contributed by atoms with E-state index in [2.05, 4.69) is 17.4 Å². The van der Waals surface area contributed by atoms with Gasteiger partial charge in [-0.25, -0.2) is 9.97 Å². The van der Waals surface area contributed by atoms with Gasteiger partial charge in [0.2, 0.25) is 0 Å². The molecular formula is C31H33ClN4O. The van der Waals surface area contributed by atoms with Gasteiger partial charge in [0.1, 0.15) is 18.2 Å². The molecule has 4 aromatic rings. The molecule has 3 N–H and O–H groups in total. The second-order valence-corrected chi connectivity index (χ2v) is 10.2. The van der Waals surface area contributed by atoms with Crippen LogP contribution in [0.2, 0.25) is 5.02 Å². The number of hydrogen-bond acceptors (Lipinski definition) is 5. The zero-order valence-electron chi connectivity index (χ0n) is 20.9. The first-order chi connectivity index (χ1) is 18.2. The first kappa shape index (κ1) is 25.2. The van der Waals surface area contributed by atoms with E-state index in [1.165, 1.54) is 25.7 Å². The van der Waals surface area contributed by atoms with Crippen molar-refractivity contribution in [2.45, 2.75) is 32.3 Å². The zero-order valence-corrected chi connectivity index (χ0v) is 21.7. The van der Waals surface area contributed by atoms with Crippen LogP contribution < -0.4 is 15.8 Å². The highest BCUT2D eigenvalue weighted by atomic mass is 35.5. The van der Waals surface area contributed by atoms with Crippen LogP contribution in [0.4, 0.5) is 5.82 Å². The molecule has 0 aliphatic heterocycles. The van der Waals surface area contributed by atoms with Crippen molar-refractivity contribution in [2.75, 3.05) is 18.4 Å². The zero-order chi connectivity index (χ0) is 25.5. The lowest BCUT2D eigenvalue weighted by molar-refractivity contribution is 0.281. The van der Waals surface area contributed by atoms with Crippen molar-refractivity contribution < 1.29 is 4.74 Å². The Kier molecular flexibility index (Phi) is 8.34. The van der Waals surface area contributed by atoms with Gasteiger partial charge >= 0.3 is 0 Å². The van der Waals surface area contributed by atoms with Crippen molar-refractivity contribution in [3.05, 3.63) is 94.8 Å². The third kappa shape index (κ3) is 6.88. The number of nitrogens with zero attached hydrogens (tertiary/aromatic N) is 2. The van der Waals surface area contributed by atoms with Crippen molar-refractivity contribution in [1.82, 2.24) is 9.97 Å². The average Bonchev–Trinajstić information content (AvgIpc) is 2.94. The van der Waals surface area contributed by atoms with Gasteiger partial charge in [-0.2, -0.15) is 0 Å². The highest BCUT2D eigenvalue weighted by molar-refractivity contribution is 6.31. The number of anilines is 1. The molecule has 0 bridgehead atoms. The number of hydrogen-bond donors (Lipinski definition) is 2. The first-order valence-electron chi connectivity index (χ1n) is 13.0. The SMILES string of the molecule is NCC1CCCC(CNc2nc(/C=C/c3ccc(OCc4ccccc4)cc3)nc3cc(Cl)ccc23)C1. The maximum Gasteiger partial charge on any atom is 0.154 e. The molecule has 5 nitrogen and oxygen atoms in total. The van der Waals surface area contributed by atoms with Crippen LogP contribution in [0.1, 0.15) is 42.6 Å². The van der Waals surface area contributed by atoms with Gasteiger partial charge in [-0.15, -0.1) is 0 Å². The number of aromatic nitrogens is 2. The summed E-state index contributed by atoms with van der Waals surface area (Å²) in [5, 5.41) is 5.25. The molecule has 1 aliphatic rings. The van der Waals surface area contributed by atoms with Gasteiger partial charge in [-0.05, 0) is 85.2 Å². The third-order valence-electron chi connectivity index (χ3n) is 7.01. The summed E-state index contributed by atoms with van der Waals surface area (Å²) in [6.07, 6.45) is 8.86. The van der Waals surface area contributed by atoms with Crippen molar-refractivity contribution >= 4 is 40.5 Å². The van der Waals surface area contributed by atoms with E-state index in [4.69, 9.17) is 32.0 Å². The molecule has 2 atom stereocenters. The molecule has 1 heterocycles. The second-order valence-electron chi connectivity index (χ2n) is 9.78. The fourth-order valence-electron chi connectivity index (χ4n) is 4.96. The Bertz CT molecular complexity index is 1340. The van der Waals surface area contributed by atoms with Crippen LogP contribution >= 0.6 is 11.6 Å². The molecule has 1 aliphatic carbocycles. The Morgan fingerprint density at radius 3 is 2.57 bits per heavy atom. The monoisotopic (exact) mass is 512 g/mol. The Hall–Kier alpha value is -3.41. The van der Waals surface area contributed by atoms with Crippen LogP contribution in [0.5, 0.6) is 5.75 Å². The summed E-state index contributed by atoms with van der Waals surface area (Å²) in [7, 11) is 0. The van der Waals surface area contributed by atoms with Gasteiger partial charge in [0, 0.05) is 17.0 Å². The van der Waals surface area contributed by atoms with Crippen LogP contribution in [-0.4, -0.2) is 23.1 Å². The molecule has 1 saturated carbocycles. The Morgan fingerprint density at radius 1 is 0.946 bits per heavy atom. The molecule has 2 unspecified atom stereocenters. The van der Waals surface area contributed by atoms with E-state index in [1.807, 2.05) is 72.8 Å². The fraction of sp³-hybridized carbons (Fsp3) is 0.290. The van der Waals surface area contributed by atoms with Crippen molar-refractivity contribution in [3.8, 4) is 5.75 Å². The van der Waals surface area contributed by atoms with Gasteiger partial charge in [-0.3, -0.25) is 0 Å². The number of ether oxygens (including phenoxy) is 1. The molecule has 0 amide bonds. The lowest BCUT2D eigenvalue weighted by atomic mass is 9.81. The quantitative estimate of drug-likeness (QED) is 0.248. The average molecular weight is 513 g/mol.